The summed E-state index contributed by atoms with van der Waals surface area (Å²) in [7, 11) is 5.63. The van der Waals surface area contributed by atoms with Gasteiger partial charge in [0.2, 0.25) is 11.8 Å². The summed E-state index contributed by atoms with van der Waals surface area (Å²) >= 11 is 1.56. The second-order valence-electron chi connectivity index (χ2n) is 6.74. The van der Waals surface area contributed by atoms with E-state index >= 15 is 0 Å². The molecule has 1 N–H and O–H groups in total. The van der Waals surface area contributed by atoms with Crippen molar-refractivity contribution < 1.29 is 13.9 Å². The Morgan fingerprint density at radius 3 is 2.82 bits per heavy atom. The molecule has 28 heavy (non-hydrogen) atoms. The van der Waals surface area contributed by atoms with E-state index in [-0.39, 0.29) is 18.4 Å². The molecule has 0 saturated heterocycles. The number of methoxy groups -OCH3 is 1. The first kappa shape index (κ1) is 20.1. The predicted molar refractivity (Wildman–Crippen MR) is 111 cm³/mol. The van der Waals surface area contributed by atoms with Gasteiger partial charge in [0, 0.05) is 6.54 Å². The third-order valence-electron chi connectivity index (χ3n) is 4.55. The lowest BCUT2D eigenvalue weighted by Crippen LogP contribution is -2.35. The Morgan fingerprint density at radius 1 is 1.32 bits per heavy atom. The highest BCUT2D eigenvalue weighted by Gasteiger charge is 2.18. The van der Waals surface area contributed by atoms with Gasteiger partial charge in [0.1, 0.15) is 11.5 Å². The molecule has 0 bridgehead atoms. The van der Waals surface area contributed by atoms with E-state index in [0.717, 1.165) is 16.2 Å². The Balaban J connectivity index is 1.64. The smallest absolute Gasteiger partial charge is 0.236 e. The minimum atomic E-state index is -0.0797. The molecule has 0 spiro atoms. The van der Waals surface area contributed by atoms with Crippen molar-refractivity contribution in [2.24, 2.45) is 0 Å². The maximum absolute atomic E-state index is 12.5. The van der Waals surface area contributed by atoms with Crippen molar-refractivity contribution in [3.05, 3.63) is 58.8 Å². The lowest BCUT2D eigenvalue weighted by Gasteiger charge is -2.25. The van der Waals surface area contributed by atoms with Gasteiger partial charge in [-0.2, -0.15) is 0 Å². The third kappa shape index (κ3) is 4.79. The van der Waals surface area contributed by atoms with Gasteiger partial charge in [0.05, 0.1) is 30.1 Å². The summed E-state index contributed by atoms with van der Waals surface area (Å²) in [6.07, 6.45) is 0.193. The van der Waals surface area contributed by atoms with Gasteiger partial charge in [-0.3, -0.25) is 4.79 Å². The topological polar surface area (TPSA) is 67.6 Å². The zero-order valence-electron chi connectivity index (χ0n) is 16.6. The lowest BCUT2D eigenvalue weighted by atomic mass is 10.1. The predicted octanol–water partition coefficient (Wildman–Crippen LogP) is 3.68. The van der Waals surface area contributed by atoms with Crippen molar-refractivity contribution in [3.63, 3.8) is 0 Å². The van der Waals surface area contributed by atoms with Crippen LogP contribution in [0.2, 0.25) is 0 Å². The van der Waals surface area contributed by atoms with E-state index in [1.54, 1.807) is 18.4 Å². The van der Waals surface area contributed by atoms with Crippen LogP contribution in [0.3, 0.4) is 0 Å². The Bertz CT molecular complexity index is 919. The molecule has 0 radical (unpaired) electrons. The van der Waals surface area contributed by atoms with E-state index in [4.69, 9.17) is 9.15 Å². The zero-order chi connectivity index (χ0) is 20.1. The molecule has 7 heteroatoms. The first-order valence-electron chi connectivity index (χ1n) is 9.05. The summed E-state index contributed by atoms with van der Waals surface area (Å²) in [5.74, 6) is 1.97. The lowest BCUT2D eigenvalue weighted by molar-refractivity contribution is -0.120. The van der Waals surface area contributed by atoms with Gasteiger partial charge in [-0.25, -0.2) is 4.98 Å². The van der Waals surface area contributed by atoms with Gasteiger partial charge in [0.25, 0.3) is 0 Å². The van der Waals surface area contributed by atoms with Gasteiger partial charge in [-0.05, 0) is 50.2 Å². The van der Waals surface area contributed by atoms with Crippen molar-refractivity contribution in [1.29, 1.82) is 0 Å². The highest BCUT2D eigenvalue weighted by molar-refractivity contribution is 7.13. The van der Waals surface area contributed by atoms with Crippen molar-refractivity contribution in [1.82, 2.24) is 15.2 Å². The van der Waals surface area contributed by atoms with Crippen LogP contribution in [0.4, 0.5) is 0 Å². The molecule has 3 rings (SSSR count). The fraction of sp³-hybridized carbons (Fsp3) is 0.333. The fourth-order valence-electron chi connectivity index (χ4n) is 2.97. The molecular formula is C21H25N3O3S. The first-order valence-corrected chi connectivity index (χ1v) is 9.93. The number of amides is 1. The largest absolute Gasteiger partial charge is 0.497 e. The van der Waals surface area contributed by atoms with Crippen LogP contribution >= 0.6 is 11.3 Å². The molecule has 0 aliphatic rings. The Kier molecular flexibility index (Phi) is 6.49. The number of benzene rings is 1. The molecule has 2 heterocycles. The number of aryl methyl sites for hydroxylation is 1. The summed E-state index contributed by atoms with van der Waals surface area (Å²) in [5, 5.41) is 4.99. The second-order valence-corrected chi connectivity index (χ2v) is 7.68. The van der Waals surface area contributed by atoms with Crippen molar-refractivity contribution >= 4 is 17.2 Å². The zero-order valence-corrected chi connectivity index (χ0v) is 17.4. The molecule has 1 unspecified atom stereocenters. The Labute approximate surface area is 169 Å². The number of carbonyl (C=O) groups is 1. The van der Waals surface area contributed by atoms with E-state index in [1.165, 1.54) is 0 Å². The normalized spacial score (nSPS) is 12.2. The molecule has 1 atom stereocenters. The fourth-order valence-corrected chi connectivity index (χ4v) is 3.62. The standard InChI is InChI=1S/C21H25N3O3S/c1-14-17(23-21(27-14)19-9-6-10-28-19)12-20(25)22-13-18(24(2)3)15-7-5-8-16(11-15)26-4/h5-11,18H,12-13H2,1-4H3,(H,22,25). The van der Waals surface area contributed by atoms with Crippen LogP contribution in [0.5, 0.6) is 5.75 Å². The molecule has 3 aromatic rings. The van der Waals surface area contributed by atoms with Crippen LogP contribution in [-0.2, 0) is 11.2 Å². The quantitative estimate of drug-likeness (QED) is 0.626. The van der Waals surface area contributed by atoms with Crippen LogP contribution in [0, 0.1) is 6.92 Å². The average Bonchev–Trinajstić information content (AvgIpc) is 3.32. The molecule has 1 amide bonds. The van der Waals surface area contributed by atoms with E-state index in [2.05, 4.69) is 15.2 Å². The summed E-state index contributed by atoms with van der Waals surface area (Å²) in [6.45, 7) is 2.33. The Morgan fingerprint density at radius 2 is 2.14 bits per heavy atom. The van der Waals surface area contributed by atoms with Gasteiger partial charge >= 0.3 is 0 Å². The summed E-state index contributed by atoms with van der Waals surface area (Å²) in [4.78, 5) is 20.0. The molecule has 6 nitrogen and oxygen atoms in total. The van der Waals surface area contributed by atoms with E-state index in [1.807, 2.05) is 62.8 Å². The molecule has 0 fully saturated rings. The molecule has 0 aliphatic carbocycles. The van der Waals surface area contributed by atoms with Gasteiger partial charge in [0.15, 0.2) is 0 Å². The van der Waals surface area contributed by atoms with Crippen LogP contribution < -0.4 is 10.1 Å². The van der Waals surface area contributed by atoms with Gasteiger partial charge in [-0.1, -0.05) is 18.2 Å². The van der Waals surface area contributed by atoms with Crippen molar-refractivity contribution in [3.8, 4) is 16.5 Å². The maximum atomic E-state index is 12.5. The molecule has 0 saturated carbocycles. The minimum Gasteiger partial charge on any atom is -0.497 e. The van der Waals surface area contributed by atoms with E-state index < -0.39 is 0 Å². The molecular weight excluding hydrogens is 374 g/mol. The number of nitrogens with one attached hydrogen (secondary N) is 1. The molecule has 148 valence electrons. The summed E-state index contributed by atoms with van der Waals surface area (Å²) in [6, 6.07) is 11.8. The van der Waals surface area contributed by atoms with E-state index in [0.29, 0.717) is 23.9 Å². The number of aromatic nitrogens is 1. The van der Waals surface area contributed by atoms with Gasteiger partial charge in [-0.15, -0.1) is 11.3 Å². The monoisotopic (exact) mass is 399 g/mol. The minimum absolute atomic E-state index is 0.0409. The highest BCUT2D eigenvalue weighted by atomic mass is 32.1. The second kappa shape index (κ2) is 9.03. The van der Waals surface area contributed by atoms with Crippen LogP contribution in [0.15, 0.2) is 46.2 Å². The van der Waals surface area contributed by atoms with Crippen LogP contribution in [-0.4, -0.2) is 43.5 Å². The highest BCUT2D eigenvalue weighted by Crippen LogP contribution is 2.26. The number of carbonyl (C=O) groups excluding carboxylic acids is 1. The van der Waals surface area contributed by atoms with E-state index in [9.17, 15) is 4.79 Å². The summed E-state index contributed by atoms with van der Waals surface area (Å²) in [5.41, 5.74) is 1.76. The average molecular weight is 400 g/mol. The van der Waals surface area contributed by atoms with Crippen molar-refractivity contribution in [2.75, 3.05) is 27.7 Å². The van der Waals surface area contributed by atoms with Crippen LogP contribution in [0.1, 0.15) is 23.1 Å². The number of ether oxygens (including phenoxy) is 1. The molecule has 0 aliphatic heterocycles. The first-order chi connectivity index (χ1) is 13.5. The molecule has 2 aromatic heterocycles. The number of likely N-dealkylation sites (N-methyl/N-ethyl adjacent to an activating group) is 1. The SMILES string of the molecule is COc1cccc(C(CNC(=O)Cc2nc(-c3cccs3)oc2C)N(C)C)c1. The maximum Gasteiger partial charge on any atom is 0.236 e. The van der Waals surface area contributed by atoms with Crippen LogP contribution in [0.25, 0.3) is 10.8 Å². The molecule has 1 aromatic carbocycles. The number of hydrogen-bond acceptors (Lipinski definition) is 6. The Hall–Kier alpha value is -2.64. The number of thiophene rings is 1. The number of oxazole rings is 1. The van der Waals surface area contributed by atoms with Gasteiger partial charge < -0.3 is 19.4 Å². The summed E-state index contributed by atoms with van der Waals surface area (Å²) < 4.78 is 11.0. The number of hydrogen-bond donors (Lipinski definition) is 1. The third-order valence-corrected chi connectivity index (χ3v) is 5.40. The number of rotatable bonds is 8. The number of nitrogens with zero attached hydrogens (tertiary/aromatic N) is 2. The van der Waals surface area contributed by atoms with Crippen molar-refractivity contribution in [2.45, 2.75) is 19.4 Å².